The van der Waals surface area contributed by atoms with Crippen LogP contribution in [0.4, 0.5) is 11.4 Å². The summed E-state index contributed by atoms with van der Waals surface area (Å²) in [5.41, 5.74) is 5.25. The zero-order valence-corrected chi connectivity index (χ0v) is 34.8. The molecule has 0 aliphatic carbocycles. The first kappa shape index (κ1) is 40.9. The Labute approximate surface area is 328 Å². The van der Waals surface area contributed by atoms with Gasteiger partial charge in [0.05, 0.1) is 0 Å². The van der Waals surface area contributed by atoms with Gasteiger partial charge in [0.25, 0.3) is 0 Å². The van der Waals surface area contributed by atoms with Gasteiger partial charge in [0.15, 0.2) is 0 Å². The van der Waals surface area contributed by atoms with Crippen LogP contribution in [0.3, 0.4) is 0 Å². The molecule has 2 atom stereocenters. The van der Waals surface area contributed by atoms with Crippen LogP contribution in [0.1, 0.15) is 99.1 Å². The number of hydrogen-bond acceptors (Lipinski definition) is 6. The molecule has 0 spiro atoms. The van der Waals surface area contributed by atoms with E-state index in [0.29, 0.717) is 11.1 Å². The van der Waals surface area contributed by atoms with Crippen LogP contribution < -0.4 is 30.2 Å². The van der Waals surface area contributed by atoms with Gasteiger partial charge in [-0.05, 0) is 0 Å². The summed E-state index contributed by atoms with van der Waals surface area (Å²) in [6.07, 6.45) is 4.30. The van der Waals surface area contributed by atoms with Crippen LogP contribution in [-0.4, -0.2) is 71.3 Å². The summed E-state index contributed by atoms with van der Waals surface area (Å²) in [4.78, 5) is 45.5. The molecule has 2 unspecified atom stereocenters. The standard InChI is InChI=1S/C40H46N4O2Se2.C2H2O4/c1-37(2)21-23-39(5,43-37)27-13-11-15-29(25-27)41-35(45)31-17-7-9-19-33(31)47-48-34-20-10-8-18-32(34)36(46)42-30-16-12-14-28(26-30)40(6)24-22-38(3,4)44-40;3-1(4)2(5)6/h7-20,25-26,43-44H,21-24H2,1-6H3,(H,41,45)(H,42,46);(H,3,4)(H,5,6). The van der Waals surface area contributed by atoms with Gasteiger partial charge in [0.1, 0.15) is 0 Å². The topological polar surface area (TPSA) is 157 Å². The Morgan fingerprint density at radius 3 is 1.24 bits per heavy atom. The number of anilines is 2. The molecule has 4 aromatic carbocycles. The molecule has 6 rings (SSSR count). The van der Waals surface area contributed by atoms with Crippen LogP contribution in [0, 0.1) is 0 Å². The molecule has 0 saturated carbocycles. The second kappa shape index (κ2) is 16.6. The maximum atomic E-state index is 13.6. The van der Waals surface area contributed by atoms with Crippen LogP contribution in [0.5, 0.6) is 0 Å². The van der Waals surface area contributed by atoms with E-state index >= 15 is 0 Å². The SMILES string of the molecule is CC1(C)CCC(C)(c2cccc(NC(=O)c3ccccc3[Se][Se]c3ccccc3C(=O)Nc3cccc(C4(C)CCC(C)(C)N4)c3)c2)N1.O=C(O)C(=O)O. The van der Waals surface area contributed by atoms with E-state index in [0.717, 1.165) is 46.0 Å². The van der Waals surface area contributed by atoms with Crippen LogP contribution in [0.15, 0.2) is 97.1 Å². The zero-order valence-electron chi connectivity index (χ0n) is 31.4. The Hall–Kier alpha value is -4.28. The number of rotatable bonds is 9. The van der Waals surface area contributed by atoms with Crippen molar-refractivity contribution in [1.82, 2.24) is 10.6 Å². The Bertz CT molecular complexity index is 1910. The van der Waals surface area contributed by atoms with Crippen molar-refractivity contribution in [3.05, 3.63) is 119 Å². The monoisotopic (exact) mass is 864 g/mol. The maximum absolute atomic E-state index is 13.6. The third-order valence-electron chi connectivity index (χ3n) is 9.91. The second-order valence-corrected chi connectivity index (χ2v) is 21.7. The van der Waals surface area contributed by atoms with Crippen molar-refractivity contribution in [2.24, 2.45) is 0 Å². The molecule has 2 amide bonds. The Morgan fingerprint density at radius 2 is 0.907 bits per heavy atom. The van der Waals surface area contributed by atoms with Crippen molar-refractivity contribution in [3.63, 3.8) is 0 Å². The van der Waals surface area contributed by atoms with Gasteiger partial charge in [-0.15, -0.1) is 0 Å². The van der Waals surface area contributed by atoms with Crippen molar-refractivity contribution in [2.45, 2.75) is 89.4 Å². The molecule has 284 valence electrons. The van der Waals surface area contributed by atoms with Gasteiger partial charge in [-0.3, -0.25) is 0 Å². The summed E-state index contributed by atoms with van der Waals surface area (Å²) in [7, 11) is 0. The summed E-state index contributed by atoms with van der Waals surface area (Å²) in [5.74, 6) is -3.86. The minimum absolute atomic E-state index is 0.0125. The van der Waals surface area contributed by atoms with Crippen molar-refractivity contribution in [1.29, 1.82) is 0 Å². The molecule has 2 heterocycles. The fourth-order valence-corrected chi connectivity index (χ4v) is 14.2. The molecule has 6 N–H and O–H groups in total. The van der Waals surface area contributed by atoms with Gasteiger partial charge in [-0.1, -0.05) is 0 Å². The van der Waals surface area contributed by atoms with E-state index in [1.54, 1.807) is 0 Å². The number of hydrogen-bond donors (Lipinski definition) is 6. The number of carboxylic acids is 2. The van der Waals surface area contributed by atoms with Gasteiger partial charge in [-0.2, -0.15) is 0 Å². The van der Waals surface area contributed by atoms with Crippen LogP contribution in [0.25, 0.3) is 0 Å². The van der Waals surface area contributed by atoms with Crippen LogP contribution in [0.2, 0.25) is 0 Å². The average molecular weight is 863 g/mol. The Balaban J connectivity index is 0.000000864. The molecule has 0 radical (unpaired) electrons. The van der Waals surface area contributed by atoms with Gasteiger partial charge in [-0.25, -0.2) is 9.59 Å². The number of carbonyl (C=O) groups is 4. The molecule has 12 heteroatoms. The number of amides is 2. The maximum Gasteiger partial charge on any atom is 0.414 e. The van der Waals surface area contributed by atoms with Gasteiger partial charge < -0.3 is 10.2 Å². The summed E-state index contributed by atoms with van der Waals surface area (Å²) in [5, 5.41) is 28.7. The fourth-order valence-electron chi connectivity index (χ4n) is 7.12. The van der Waals surface area contributed by atoms with E-state index in [1.165, 1.54) is 11.1 Å². The van der Waals surface area contributed by atoms with Crippen LogP contribution in [-0.2, 0) is 20.7 Å². The first-order chi connectivity index (χ1) is 25.4. The molecule has 10 nitrogen and oxygen atoms in total. The number of aliphatic carboxylic acids is 2. The fraction of sp³-hybridized carbons (Fsp3) is 0.333. The molecule has 2 aliphatic rings. The zero-order chi connectivity index (χ0) is 39.3. The van der Waals surface area contributed by atoms with Gasteiger partial charge >= 0.3 is 310 Å². The molecule has 54 heavy (non-hydrogen) atoms. The van der Waals surface area contributed by atoms with Gasteiger partial charge in [0.2, 0.25) is 0 Å². The summed E-state index contributed by atoms with van der Waals surface area (Å²) >= 11 is -0.0249. The Morgan fingerprint density at radius 1 is 0.537 bits per heavy atom. The normalized spacial score (nSPS) is 21.0. The largest absolute Gasteiger partial charge is 0.473 e. The number of carboxylic acid groups (broad SMARTS) is 2. The molecular weight excluding hydrogens is 814 g/mol. The van der Waals surface area contributed by atoms with Crippen LogP contribution >= 0.6 is 0 Å². The van der Waals surface area contributed by atoms with Crippen molar-refractivity contribution >= 4 is 70.3 Å². The Kier molecular flexibility index (Phi) is 12.6. The summed E-state index contributed by atoms with van der Waals surface area (Å²) in [6.45, 7) is 13.4. The van der Waals surface area contributed by atoms with E-state index < -0.39 is 11.9 Å². The van der Waals surface area contributed by atoms with E-state index in [-0.39, 0.29) is 60.2 Å². The molecule has 4 aromatic rings. The smallest absolute Gasteiger partial charge is 0.414 e. The minimum Gasteiger partial charge on any atom is -0.473 e. The van der Waals surface area contributed by atoms with Gasteiger partial charge in [0, 0.05) is 0 Å². The molecule has 0 aromatic heterocycles. The molecule has 2 saturated heterocycles. The molecule has 2 fully saturated rings. The van der Waals surface area contributed by atoms with Crippen molar-refractivity contribution in [3.8, 4) is 0 Å². The predicted molar refractivity (Wildman–Crippen MR) is 215 cm³/mol. The second-order valence-electron chi connectivity index (χ2n) is 15.5. The van der Waals surface area contributed by atoms with E-state index in [9.17, 15) is 9.59 Å². The number of nitrogens with one attached hydrogen (secondary N) is 4. The number of carbonyl (C=O) groups excluding carboxylic acids is 2. The molecular formula is C42H48N4O6Se2. The average Bonchev–Trinajstić information content (AvgIpc) is 3.60. The predicted octanol–water partition coefficient (Wildman–Crippen LogP) is 5.38. The van der Waals surface area contributed by atoms with E-state index in [4.69, 9.17) is 19.8 Å². The van der Waals surface area contributed by atoms with E-state index in [2.05, 4.69) is 87.1 Å². The number of benzene rings is 4. The third kappa shape index (κ3) is 10.3. The summed E-state index contributed by atoms with van der Waals surface area (Å²) < 4.78 is 2.07. The summed E-state index contributed by atoms with van der Waals surface area (Å²) in [6, 6.07) is 32.2. The first-order valence-corrected chi connectivity index (χ1v) is 23.8. The third-order valence-corrected chi connectivity index (χ3v) is 17.2. The molecule has 0 bridgehead atoms. The van der Waals surface area contributed by atoms with Crippen molar-refractivity contribution in [2.75, 3.05) is 10.6 Å². The quantitative estimate of drug-likeness (QED) is 0.0970. The molecule has 2 aliphatic heterocycles. The van der Waals surface area contributed by atoms with E-state index in [1.807, 2.05) is 72.8 Å². The minimum atomic E-state index is -1.82. The first-order valence-electron chi connectivity index (χ1n) is 17.8. The van der Waals surface area contributed by atoms with Crippen molar-refractivity contribution < 1.29 is 29.4 Å².